The lowest BCUT2D eigenvalue weighted by molar-refractivity contribution is 0.597. The molecule has 0 aliphatic heterocycles. The molecule has 0 bridgehead atoms. The van der Waals surface area contributed by atoms with Crippen LogP contribution in [0.15, 0.2) is 32.4 Å². The molecular formula is C12H12Cl6O4S2. The highest BCUT2D eigenvalue weighted by Crippen LogP contribution is 2.45. The smallest absolute Gasteiger partial charge is 0.218 e. The van der Waals surface area contributed by atoms with Gasteiger partial charge in [-0.25, -0.2) is 16.8 Å². The Morgan fingerprint density at radius 2 is 0.833 bits per heavy atom. The third kappa shape index (κ3) is 5.85. The summed E-state index contributed by atoms with van der Waals surface area (Å²) >= 11 is 32.9. The van der Waals surface area contributed by atoms with E-state index < -0.39 is 35.7 Å². The molecule has 0 saturated heterocycles. The Kier molecular flexibility index (Phi) is 8.37. The van der Waals surface area contributed by atoms with Gasteiger partial charge in [0.1, 0.15) is 9.81 Å². The monoisotopic (exact) mass is 494 g/mol. The first-order valence-electron chi connectivity index (χ1n) is 5.87. The van der Waals surface area contributed by atoms with Crippen molar-refractivity contribution in [3.63, 3.8) is 0 Å². The Balaban J connectivity index is 7.43. The van der Waals surface area contributed by atoms with E-state index in [-0.39, 0.29) is 11.1 Å². The van der Waals surface area contributed by atoms with Crippen LogP contribution in [0, 0.1) is 0 Å². The molecule has 4 nitrogen and oxygen atoms in total. The molecule has 0 saturated carbocycles. The van der Waals surface area contributed by atoms with Crippen molar-refractivity contribution in [2.24, 2.45) is 0 Å². The van der Waals surface area contributed by atoms with E-state index in [9.17, 15) is 16.8 Å². The first-order valence-corrected chi connectivity index (χ1v) is 11.1. The van der Waals surface area contributed by atoms with Gasteiger partial charge in [-0.3, -0.25) is 0 Å². The third-order valence-electron chi connectivity index (χ3n) is 2.08. The Morgan fingerprint density at radius 1 is 0.625 bits per heavy atom. The molecule has 0 rings (SSSR count). The van der Waals surface area contributed by atoms with Crippen molar-refractivity contribution < 1.29 is 16.8 Å². The van der Waals surface area contributed by atoms with Gasteiger partial charge in [0.05, 0.1) is 0 Å². The van der Waals surface area contributed by atoms with Gasteiger partial charge < -0.3 is 0 Å². The number of halogens is 6. The zero-order valence-corrected chi connectivity index (χ0v) is 18.9. The average molecular weight is 497 g/mol. The molecule has 0 atom stereocenters. The normalized spacial score (nSPS) is 12.9. The molecule has 0 heterocycles. The highest BCUT2D eigenvalue weighted by atomic mass is 35.6. The van der Waals surface area contributed by atoms with Crippen molar-refractivity contribution in [2.75, 3.05) is 0 Å². The zero-order chi connectivity index (χ0) is 19.7. The van der Waals surface area contributed by atoms with Crippen molar-refractivity contribution in [1.82, 2.24) is 0 Å². The largest absolute Gasteiger partial charge is 0.297 e. The van der Waals surface area contributed by atoms with Crippen LogP contribution in [-0.4, -0.2) is 23.1 Å². The van der Waals surface area contributed by atoms with Crippen LogP contribution in [-0.2, 0) is 19.7 Å². The van der Waals surface area contributed by atoms with Gasteiger partial charge in [-0.05, 0) is 38.8 Å². The van der Waals surface area contributed by atoms with Gasteiger partial charge in [-0.1, -0.05) is 69.6 Å². The van der Waals surface area contributed by atoms with E-state index in [0.29, 0.717) is 0 Å². The number of hydrogen-bond acceptors (Lipinski definition) is 4. The first kappa shape index (κ1) is 24.7. The van der Waals surface area contributed by atoms with Crippen molar-refractivity contribution in [3.05, 3.63) is 32.4 Å². The lowest BCUT2D eigenvalue weighted by Gasteiger charge is -2.18. The fraction of sp³-hybridized carbons (Fsp3) is 0.500. The molecule has 0 aromatic heterocycles. The highest BCUT2D eigenvalue weighted by Gasteiger charge is 2.50. The van der Waals surface area contributed by atoms with E-state index in [2.05, 4.69) is 11.5 Å². The van der Waals surface area contributed by atoms with Gasteiger partial charge in [-0.2, -0.15) is 0 Å². The second kappa shape index (κ2) is 8.14. The van der Waals surface area contributed by atoms with Crippen LogP contribution >= 0.6 is 69.6 Å². The lowest BCUT2D eigenvalue weighted by Crippen LogP contribution is -2.28. The summed E-state index contributed by atoms with van der Waals surface area (Å²) < 4.78 is 44.3. The molecule has 0 radical (unpaired) electrons. The summed E-state index contributed by atoms with van der Waals surface area (Å²) in [6.07, 6.45) is 0. The number of rotatable bonds is 3. The minimum atomic E-state index is -4.81. The molecule has 0 amide bonds. The summed E-state index contributed by atoms with van der Waals surface area (Å²) in [6.45, 7) is 5.82. The molecule has 12 heteroatoms. The summed E-state index contributed by atoms with van der Waals surface area (Å²) in [5, 5.41) is 0. The molecule has 0 N–H and O–H groups in total. The topological polar surface area (TPSA) is 68.3 Å². The minimum absolute atomic E-state index is 0.274. The number of hydrogen-bond donors (Lipinski definition) is 0. The predicted molar refractivity (Wildman–Crippen MR) is 102 cm³/mol. The van der Waals surface area contributed by atoms with E-state index in [1.54, 1.807) is 0 Å². The molecule has 0 aromatic rings. The molecule has 0 fully saturated rings. The lowest BCUT2D eigenvalue weighted by atomic mass is 10.3. The second-order valence-electron chi connectivity index (χ2n) is 4.81. The Bertz CT molecular complexity index is 775. The van der Waals surface area contributed by atoms with Gasteiger partial charge in [0, 0.05) is 0 Å². The quantitative estimate of drug-likeness (QED) is 0.299. The maximum Gasteiger partial charge on any atom is 0.297 e. The van der Waals surface area contributed by atoms with Crippen LogP contribution in [0.3, 0.4) is 0 Å². The minimum Gasteiger partial charge on any atom is -0.218 e. The molecule has 0 aliphatic carbocycles. The van der Waals surface area contributed by atoms with Crippen LogP contribution in [0.1, 0.15) is 27.7 Å². The van der Waals surface area contributed by atoms with Crippen molar-refractivity contribution in [1.29, 1.82) is 0 Å². The van der Waals surface area contributed by atoms with Crippen LogP contribution in [0.4, 0.5) is 0 Å². The summed E-state index contributed by atoms with van der Waals surface area (Å²) in [5.41, 5.74) is 5.22. The average Bonchev–Trinajstić information content (AvgIpc) is 2.29. The molecule has 0 aromatic carbocycles. The van der Waals surface area contributed by atoms with E-state index in [4.69, 9.17) is 69.6 Å². The van der Waals surface area contributed by atoms with Gasteiger partial charge in [0.15, 0.2) is 0 Å². The first-order chi connectivity index (χ1) is 10.4. The van der Waals surface area contributed by atoms with E-state index in [0.717, 1.165) is 0 Å². The molecule has 138 valence electrons. The third-order valence-corrected chi connectivity index (χ3v) is 8.77. The Hall–Kier alpha value is 0.680. The standard InChI is InChI=1S/C12H12Cl6O4S2/c1-7(2)5-9(23(19,20)11(13,14)15)10(6-8(3)4)24(21,22)12(16,17)18/h1-4H3. The molecular weight excluding hydrogens is 485 g/mol. The van der Waals surface area contributed by atoms with Gasteiger partial charge in [0.2, 0.25) is 19.7 Å². The van der Waals surface area contributed by atoms with Crippen LogP contribution in [0.5, 0.6) is 0 Å². The maximum absolute atomic E-state index is 12.5. The molecule has 0 spiro atoms. The van der Waals surface area contributed by atoms with Gasteiger partial charge >= 0.3 is 0 Å². The summed E-state index contributed by atoms with van der Waals surface area (Å²) in [6, 6.07) is 0. The van der Waals surface area contributed by atoms with Crippen LogP contribution < -0.4 is 0 Å². The maximum atomic E-state index is 12.5. The van der Waals surface area contributed by atoms with Crippen molar-refractivity contribution in [2.45, 2.75) is 33.9 Å². The van der Waals surface area contributed by atoms with Gasteiger partial charge in [-0.15, -0.1) is 11.5 Å². The number of sulfone groups is 2. The molecule has 0 aliphatic rings. The summed E-state index contributed by atoms with van der Waals surface area (Å²) in [4.78, 5) is -1.93. The fourth-order valence-electron chi connectivity index (χ4n) is 1.18. The van der Waals surface area contributed by atoms with Gasteiger partial charge in [0.25, 0.3) is 6.25 Å². The van der Waals surface area contributed by atoms with Crippen LogP contribution in [0.2, 0.25) is 0 Å². The van der Waals surface area contributed by atoms with E-state index in [1.807, 2.05) is 0 Å². The molecule has 0 unspecified atom stereocenters. The Morgan fingerprint density at radius 3 is 0.958 bits per heavy atom. The predicted octanol–water partition coefficient (Wildman–Crippen LogP) is 5.37. The van der Waals surface area contributed by atoms with E-state index in [1.165, 1.54) is 27.7 Å². The van der Waals surface area contributed by atoms with Crippen molar-refractivity contribution in [3.8, 4) is 0 Å². The summed E-state index contributed by atoms with van der Waals surface area (Å²) in [5.74, 6) is 0. The number of alkyl halides is 6. The summed E-state index contributed by atoms with van der Waals surface area (Å²) in [7, 11) is -9.62. The van der Waals surface area contributed by atoms with Crippen molar-refractivity contribution >= 4 is 89.3 Å². The van der Waals surface area contributed by atoms with Crippen LogP contribution in [0.25, 0.3) is 0 Å². The zero-order valence-electron chi connectivity index (χ0n) is 12.7. The molecule has 24 heavy (non-hydrogen) atoms. The second-order valence-corrected chi connectivity index (χ2v) is 14.8. The highest BCUT2D eigenvalue weighted by molar-refractivity contribution is 8.05. The van der Waals surface area contributed by atoms with E-state index >= 15 is 0 Å². The fourth-order valence-corrected chi connectivity index (χ4v) is 4.95. The SMILES string of the molecule is CC(C)=C=C(C(=C=C(C)C)S(=O)(=O)C(Cl)(Cl)Cl)S(=O)(=O)C(Cl)(Cl)Cl. The Labute approximate surface area is 171 Å².